The van der Waals surface area contributed by atoms with E-state index >= 15 is 0 Å². The second-order valence-corrected chi connectivity index (χ2v) is 14.0. The van der Waals surface area contributed by atoms with Crippen molar-refractivity contribution in [2.45, 2.75) is 51.1 Å². The highest BCUT2D eigenvalue weighted by atomic mass is 16.4. The molecule has 2 atom stereocenters. The van der Waals surface area contributed by atoms with Crippen LogP contribution < -0.4 is 32.3 Å². The molecule has 12 N–H and O–H groups in total. The summed E-state index contributed by atoms with van der Waals surface area (Å²) in [5, 5.41) is 58.2. The molecule has 0 aliphatic heterocycles. The van der Waals surface area contributed by atoms with E-state index in [-0.39, 0.29) is 45.1 Å². The number of aryl methyl sites for hydroxylation is 1. The smallest absolute Gasteiger partial charge is 0.326 e. The molecule has 0 radical (unpaired) electrons. The van der Waals surface area contributed by atoms with Crippen LogP contribution in [0.5, 0.6) is 0 Å². The largest absolute Gasteiger partial charge is 0.481 e. The number of nitrogens with one attached hydrogen (secondary N) is 5. The van der Waals surface area contributed by atoms with Crippen LogP contribution in [-0.2, 0) is 47.9 Å². The fourth-order valence-corrected chi connectivity index (χ4v) is 5.63. The minimum atomic E-state index is -1.52. The number of nitrogens with zero attached hydrogens (tertiary/aromatic N) is 3. The van der Waals surface area contributed by atoms with Crippen LogP contribution >= 0.6 is 0 Å². The number of carboxylic acids is 5. The van der Waals surface area contributed by atoms with Crippen LogP contribution in [-0.4, -0.2) is 196 Å². The number of carboxylic acid groups (broad SMARTS) is 5. The van der Waals surface area contributed by atoms with Crippen molar-refractivity contribution in [3.05, 3.63) is 35.4 Å². The van der Waals surface area contributed by atoms with Gasteiger partial charge in [0.1, 0.15) is 12.1 Å². The summed E-state index contributed by atoms with van der Waals surface area (Å²) in [6.07, 6.45) is -0.360. The number of nitrogens with two attached hydrogens (primary N) is 1. The van der Waals surface area contributed by atoms with Crippen molar-refractivity contribution < 1.29 is 78.3 Å². The number of hydrogen-bond acceptors (Lipinski definition) is 14. The number of rotatable bonds is 33. The van der Waals surface area contributed by atoms with E-state index in [1.54, 1.807) is 18.2 Å². The highest BCUT2D eigenvalue weighted by Gasteiger charge is 2.25. The molecule has 0 aromatic heterocycles. The van der Waals surface area contributed by atoms with Gasteiger partial charge >= 0.3 is 29.8 Å². The third-order valence-electron chi connectivity index (χ3n) is 8.57. The summed E-state index contributed by atoms with van der Waals surface area (Å²) in [6.45, 7) is -2.78. The van der Waals surface area contributed by atoms with Crippen molar-refractivity contribution in [2.24, 2.45) is 5.73 Å². The second kappa shape index (κ2) is 28.7. The van der Waals surface area contributed by atoms with Gasteiger partial charge in [0.05, 0.1) is 45.8 Å². The Kier molecular flexibility index (Phi) is 24.7. The van der Waals surface area contributed by atoms with Gasteiger partial charge in [-0.2, -0.15) is 0 Å². The minimum absolute atomic E-state index is 0.00962. The van der Waals surface area contributed by atoms with Crippen molar-refractivity contribution >= 4 is 65.3 Å². The van der Waals surface area contributed by atoms with Gasteiger partial charge < -0.3 is 57.9 Å². The van der Waals surface area contributed by atoms with E-state index in [1.165, 1.54) is 9.80 Å². The zero-order chi connectivity index (χ0) is 46.8. The Morgan fingerprint density at radius 3 is 1.66 bits per heavy atom. The molecule has 0 fully saturated rings. The number of aliphatic carboxylic acids is 5. The lowest BCUT2D eigenvalue weighted by Gasteiger charge is -2.27. The molecule has 0 saturated carbocycles. The van der Waals surface area contributed by atoms with Crippen LogP contribution in [0.15, 0.2) is 24.3 Å². The molecular formula is C37H55N9O16. The predicted molar refractivity (Wildman–Crippen MR) is 213 cm³/mol. The lowest BCUT2D eigenvalue weighted by molar-refractivity contribution is -0.142. The van der Waals surface area contributed by atoms with E-state index in [0.717, 1.165) is 10.5 Å². The average Bonchev–Trinajstić information content (AvgIpc) is 3.16. The highest BCUT2D eigenvalue weighted by molar-refractivity contribution is 5.94. The SMILES string of the molecule is Cc1cccc(C(=O)NCCCCC(NC(=O)CNC(=O)C(CCC(=O)O)NC(=O)CNC(=O)CN(CCN(CCN(CC(N)=O)CC(=O)O)CC(=O)O)CC(=O)O)C(=O)O)c1. The van der Waals surface area contributed by atoms with Gasteiger partial charge in [0.15, 0.2) is 0 Å². The van der Waals surface area contributed by atoms with E-state index in [2.05, 4.69) is 26.6 Å². The summed E-state index contributed by atoms with van der Waals surface area (Å²) < 4.78 is 0. The predicted octanol–water partition coefficient (Wildman–Crippen LogP) is -4.31. The number of hydrogen-bond donors (Lipinski definition) is 11. The van der Waals surface area contributed by atoms with Gasteiger partial charge in [-0.15, -0.1) is 0 Å². The van der Waals surface area contributed by atoms with E-state index in [4.69, 9.17) is 15.9 Å². The van der Waals surface area contributed by atoms with Gasteiger partial charge in [-0.25, -0.2) is 4.79 Å². The minimum Gasteiger partial charge on any atom is -0.481 e. The molecule has 0 saturated heterocycles. The molecule has 344 valence electrons. The second-order valence-electron chi connectivity index (χ2n) is 14.0. The third-order valence-corrected chi connectivity index (χ3v) is 8.57. The first-order valence-electron chi connectivity index (χ1n) is 19.2. The van der Waals surface area contributed by atoms with Gasteiger partial charge in [-0.05, 0) is 44.7 Å². The normalized spacial score (nSPS) is 11.9. The average molecular weight is 882 g/mol. The lowest BCUT2D eigenvalue weighted by atomic mass is 10.1. The van der Waals surface area contributed by atoms with Gasteiger partial charge in [0.2, 0.25) is 29.5 Å². The van der Waals surface area contributed by atoms with Crippen LogP contribution in [0, 0.1) is 6.92 Å². The molecule has 1 aromatic rings. The highest BCUT2D eigenvalue weighted by Crippen LogP contribution is 2.06. The molecule has 0 aliphatic carbocycles. The number of carbonyl (C=O) groups excluding carboxylic acids is 6. The maximum absolute atomic E-state index is 12.9. The monoisotopic (exact) mass is 881 g/mol. The van der Waals surface area contributed by atoms with Crippen molar-refractivity contribution in [1.82, 2.24) is 41.3 Å². The molecule has 25 heteroatoms. The summed E-state index contributed by atoms with van der Waals surface area (Å²) in [5.41, 5.74) is 6.52. The number of amides is 6. The third kappa shape index (κ3) is 25.0. The number of benzene rings is 1. The molecule has 62 heavy (non-hydrogen) atoms. The van der Waals surface area contributed by atoms with Crippen molar-refractivity contribution in [1.29, 1.82) is 0 Å². The van der Waals surface area contributed by atoms with E-state index in [9.17, 15) is 68.1 Å². The summed E-state index contributed by atoms with van der Waals surface area (Å²) in [5.74, 6) is -11.5. The first-order chi connectivity index (χ1) is 29.1. The molecule has 1 rings (SSSR count). The van der Waals surface area contributed by atoms with E-state index in [1.807, 2.05) is 13.0 Å². The van der Waals surface area contributed by atoms with Crippen LogP contribution in [0.2, 0.25) is 0 Å². The lowest BCUT2D eigenvalue weighted by Crippen LogP contribution is -2.52. The topological polar surface area (TPSA) is 385 Å². The van der Waals surface area contributed by atoms with Gasteiger partial charge in [-0.1, -0.05) is 17.7 Å². The van der Waals surface area contributed by atoms with Crippen LogP contribution in [0.4, 0.5) is 0 Å². The molecule has 0 heterocycles. The van der Waals surface area contributed by atoms with Crippen LogP contribution in [0.1, 0.15) is 48.0 Å². The summed E-state index contributed by atoms with van der Waals surface area (Å²) in [4.78, 5) is 135. The van der Waals surface area contributed by atoms with Crippen molar-refractivity contribution in [2.75, 3.05) is 78.5 Å². The molecule has 6 amide bonds. The first kappa shape index (κ1) is 53.3. The Morgan fingerprint density at radius 1 is 0.597 bits per heavy atom. The summed E-state index contributed by atoms with van der Waals surface area (Å²) in [7, 11) is 0. The fraction of sp³-hybridized carbons (Fsp3) is 0.541. The first-order valence-corrected chi connectivity index (χ1v) is 19.2. The molecule has 25 nitrogen and oxygen atoms in total. The molecule has 2 unspecified atom stereocenters. The van der Waals surface area contributed by atoms with Crippen LogP contribution in [0.3, 0.4) is 0 Å². The maximum atomic E-state index is 12.9. The number of primary amides is 1. The molecule has 0 spiro atoms. The zero-order valence-electron chi connectivity index (χ0n) is 34.1. The summed E-state index contributed by atoms with van der Waals surface area (Å²) in [6, 6.07) is 4.08. The van der Waals surface area contributed by atoms with Crippen molar-refractivity contribution in [3.63, 3.8) is 0 Å². The van der Waals surface area contributed by atoms with Crippen LogP contribution in [0.25, 0.3) is 0 Å². The van der Waals surface area contributed by atoms with Gasteiger partial charge in [0.25, 0.3) is 5.91 Å². The standard InChI is InChI=1S/C37H55N9O16/c1-23-5-4-6-24(15-23)35(59)39-10-3-2-7-26(37(61)62)43-29(49)17-41-36(60)25(8-9-31(51)52)42-28(48)16-40-30(50)19-46(22-34(57)58)14-12-44(20-32(53)54)11-13-45(18-27(38)47)21-33(55)56/h4-6,15,25-26H,2-3,7-14,16-22H2,1H3,(H2,38,47)(H,39,59)(H,40,50)(H,41,60)(H,42,48)(H,43,49)(H,51,52)(H,53,54)(H,55,56)(H,57,58)(H,61,62). The van der Waals surface area contributed by atoms with Gasteiger partial charge in [0, 0.05) is 44.7 Å². The quantitative estimate of drug-likeness (QED) is 0.0297. The fourth-order valence-electron chi connectivity index (χ4n) is 5.63. The molecule has 0 bridgehead atoms. The Morgan fingerprint density at radius 2 is 1.13 bits per heavy atom. The molecular weight excluding hydrogens is 826 g/mol. The van der Waals surface area contributed by atoms with E-state index in [0.29, 0.717) is 18.4 Å². The summed E-state index contributed by atoms with van der Waals surface area (Å²) >= 11 is 0. The molecule has 1 aromatic carbocycles. The van der Waals surface area contributed by atoms with Gasteiger partial charge in [-0.3, -0.25) is 62.6 Å². The Bertz CT molecular complexity index is 1750. The number of carbonyl (C=O) groups is 11. The van der Waals surface area contributed by atoms with E-state index < -0.39 is 130 Å². The Balaban J connectivity index is 2.72. The number of unbranched alkanes of at least 4 members (excludes halogenated alkanes) is 1. The molecule has 0 aliphatic rings. The maximum Gasteiger partial charge on any atom is 0.326 e. The van der Waals surface area contributed by atoms with Crippen molar-refractivity contribution in [3.8, 4) is 0 Å². The Hall–Kier alpha value is -6.73. The Labute approximate surface area is 355 Å². The zero-order valence-corrected chi connectivity index (χ0v) is 34.1.